The molecule has 1 atom stereocenters. The summed E-state index contributed by atoms with van der Waals surface area (Å²) < 4.78 is 16.2. The van der Waals surface area contributed by atoms with Crippen LogP contribution in [0.5, 0.6) is 28.7 Å². The number of Topliss-reactive ketones (excluding diaryl/α,β-unsaturated/α-hetero) is 1. The number of hydrogen-bond acceptors (Lipinski definition) is 6. The van der Waals surface area contributed by atoms with Crippen LogP contribution in [0.3, 0.4) is 0 Å². The molecule has 2 aromatic rings. The van der Waals surface area contributed by atoms with Crippen LogP contribution in [0, 0.1) is 0 Å². The summed E-state index contributed by atoms with van der Waals surface area (Å²) in [5.41, 5.74) is 0.803. The van der Waals surface area contributed by atoms with Crippen LogP contribution < -0.4 is 14.2 Å². The molecular weight excluding hydrogens is 300 g/mol. The quantitative estimate of drug-likeness (QED) is 0.905. The molecule has 120 valence electrons. The molecule has 2 N–H and O–H groups in total. The maximum Gasteiger partial charge on any atom is 0.174 e. The molecule has 0 aliphatic carbocycles. The van der Waals surface area contributed by atoms with Gasteiger partial charge in [-0.15, -0.1) is 0 Å². The van der Waals surface area contributed by atoms with E-state index in [0.717, 1.165) is 6.07 Å². The van der Waals surface area contributed by atoms with Crippen molar-refractivity contribution >= 4 is 5.78 Å². The summed E-state index contributed by atoms with van der Waals surface area (Å²) in [6.07, 6.45) is -0.484. The molecule has 1 aliphatic heterocycles. The van der Waals surface area contributed by atoms with E-state index in [-0.39, 0.29) is 35.0 Å². The van der Waals surface area contributed by atoms with Crippen LogP contribution >= 0.6 is 0 Å². The minimum Gasteiger partial charge on any atom is -0.508 e. The van der Waals surface area contributed by atoms with Crippen LogP contribution in [0.25, 0.3) is 0 Å². The van der Waals surface area contributed by atoms with Crippen molar-refractivity contribution in [2.24, 2.45) is 0 Å². The molecule has 1 heterocycles. The first-order valence-corrected chi connectivity index (χ1v) is 7.00. The maximum absolute atomic E-state index is 12.3. The SMILES string of the molecule is COc1cc(OC)cc(C2CC(=O)c3c(O)cc(O)cc3O2)c1. The summed E-state index contributed by atoms with van der Waals surface area (Å²) in [5, 5.41) is 19.4. The third kappa shape index (κ3) is 2.75. The van der Waals surface area contributed by atoms with Crippen LogP contribution in [-0.2, 0) is 0 Å². The van der Waals surface area contributed by atoms with Crippen molar-refractivity contribution in [3.8, 4) is 28.7 Å². The molecule has 0 fully saturated rings. The number of phenols is 2. The van der Waals surface area contributed by atoms with Gasteiger partial charge < -0.3 is 24.4 Å². The molecule has 0 amide bonds. The maximum atomic E-state index is 12.3. The fourth-order valence-electron chi connectivity index (χ4n) is 2.63. The summed E-state index contributed by atoms with van der Waals surface area (Å²) in [7, 11) is 3.08. The minimum atomic E-state index is -0.555. The summed E-state index contributed by atoms with van der Waals surface area (Å²) in [5.74, 6) is 0.616. The van der Waals surface area contributed by atoms with Gasteiger partial charge in [0.15, 0.2) is 5.78 Å². The molecule has 0 spiro atoms. The summed E-state index contributed by atoms with van der Waals surface area (Å²) in [6, 6.07) is 7.67. The Bertz CT molecular complexity index is 746. The van der Waals surface area contributed by atoms with Gasteiger partial charge in [-0.2, -0.15) is 0 Å². The van der Waals surface area contributed by atoms with Crippen LogP contribution in [0.15, 0.2) is 30.3 Å². The molecular formula is C17H16O6. The normalized spacial score (nSPS) is 16.4. The fourth-order valence-corrected chi connectivity index (χ4v) is 2.63. The lowest BCUT2D eigenvalue weighted by molar-refractivity contribution is 0.0844. The molecule has 2 aromatic carbocycles. The topological polar surface area (TPSA) is 85.2 Å². The molecule has 6 nitrogen and oxygen atoms in total. The number of ketones is 1. The Morgan fingerprint density at radius 2 is 1.70 bits per heavy atom. The predicted molar refractivity (Wildman–Crippen MR) is 81.6 cm³/mol. The highest BCUT2D eigenvalue weighted by atomic mass is 16.5. The predicted octanol–water partition coefficient (Wildman–Crippen LogP) is 2.82. The number of carbonyl (C=O) groups excluding carboxylic acids is 1. The monoisotopic (exact) mass is 316 g/mol. The fraction of sp³-hybridized carbons (Fsp3) is 0.235. The van der Waals surface area contributed by atoms with Crippen molar-refractivity contribution in [1.82, 2.24) is 0 Å². The lowest BCUT2D eigenvalue weighted by atomic mass is 9.95. The Balaban J connectivity index is 2.02. The van der Waals surface area contributed by atoms with Crippen molar-refractivity contribution in [1.29, 1.82) is 0 Å². The highest BCUT2D eigenvalue weighted by Crippen LogP contribution is 2.42. The number of carbonyl (C=O) groups is 1. The Labute approximate surface area is 132 Å². The molecule has 0 aromatic heterocycles. The van der Waals surface area contributed by atoms with E-state index in [1.807, 2.05) is 0 Å². The highest BCUT2D eigenvalue weighted by Gasteiger charge is 2.31. The first-order valence-electron chi connectivity index (χ1n) is 7.00. The zero-order valence-electron chi connectivity index (χ0n) is 12.7. The van der Waals surface area contributed by atoms with Gasteiger partial charge in [-0.25, -0.2) is 0 Å². The van der Waals surface area contributed by atoms with Gasteiger partial charge in [-0.1, -0.05) is 0 Å². The number of ether oxygens (including phenoxy) is 3. The van der Waals surface area contributed by atoms with Gasteiger partial charge in [0.25, 0.3) is 0 Å². The van der Waals surface area contributed by atoms with Gasteiger partial charge in [-0.05, 0) is 12.1 Å². The number of rotatable bonds is 3. The number of aromatic hydroxyl groups is 2. The van der Waals surface area contributed by atoms with E-state index in [2.05, 4.69) is 0 Å². The van der Waals surface area contributed by atoms with Crippen LogP contribution in [0.2, 0.25) is 0 Å². The number of hydrogen-bond donors (Lipinski definition) is 2. The van der Waals surface area contributed by atoms with E-state index >= 15 is 0 Å². The van der Waals surface area contributed by atoms with Crippen molar-refractivity contribution < 1.29 is 29.2 Å². The van der Waals surface area contributed by atoms with Gasteiger partial charge in [0.1, 0.15) is 40.4 Å². The molecule has 0 saturated heterocycles. The summed E-state index contributed by atoms with van der Waals surface area (Å²) >= 11 is 0. The first-order chi connectivity index (χ1) is 11.0. The van der Waals surface area contributed by atoms with Crippen LogP contribution in [-0.4, -0.2) is 30.2 Å². The largest absolute Gasteiger partial charge is 0.508 e. The Kier molecular flexibility index (Phi) is 3.73. The number of benzene rings is 2. The first kappa shape index (κ1) is 15.0. The summed E-state index contributed by atoms with van der Waals surface area (Å²) in [6.45, 7) is 0. The average molecular weight is 316 g/mol. The zero-order chi connectivity index (χ0) is 16.6. The van der Waals surface area contributed by atoms with Gasteiger partial charge >= 0.3 is 0 Å². The molecule has 23 heavy (non-hydrogen) atoms. The molecule has 1 aliphatic rings. The number of methoxy groups -OCH3 is 2. The van der Waals surface area contributed by atoms with E-state index in [9.17, 15) is 15.0 Å². The summed E-state index contributed by atoms with van der Waals surface area (Å²) in [4.78, 5) is 12.3. The molecule has 3 rings (SSSR count). The van der Waals surface area contributed by atoms with E-state index in [4.69, 9.17) is 14.2 Å². The van der Waals surface area contributed by atoms with Crippen molar-refractivity contribution in [2.75, 3.05) is 14.2 Å². The number of phenolic OH excluding ortho intramolecular Hbond substituents is 2. The van der Waals surface area contributed by atoms with E-state index < -0.39 is 6.10 Å². The van der Waals surface area contributed by atoms with E-state index in [0.29, 0.717) is 17.1 Å². The standard InChI is InChI=1S/C17H16O6/c1-21-11-3-9(4-12(7-11)22-2)15-8-14(20)17-13(19)5-10(18)6-16(17)23-15/h3-7,15,18-19H,8H2,1-2H3. The second-order valence-corrected chi connectivity index (χ2v) is 5.22. The van der Waals surface area contributed by atoms with Gasteiger partial charge in [0, 0.05) is 23.8 Å². The van der Waals surface area contributed by atoms with Crippen molar-refractivity contribution in [2.45, 2.75) is 12.5 Å². The lowest BCUT2D eigenvalue weighted by Gasteiger charge is -2.26. The van der Waals surface area contributed by atoms with Crippen LogP contribution in [0.1, 0.15) is 28.4 Å². The average Bonchev–Trinajstić information content (AvgIpc) is 2.53. The van der Waals surface area contributed by atoms with Crippen molar-refractivity contribution in [3.63, 3.8) is 0 Å². The highest BCUT2D eigenvalue weighted by molar-refractivity contribution is 6.02. The Morgan fingerprint density at radius 1 is 1.04 bits per heavy atom. The Morgan fingerprint density at radius 3 is 2.30 bits per heavy atom. The molecule has 0 bridgehead atoms. The second kappa shape index (κ2) is 5.72. The van der Waals surface area contributed by atoms with Crippen molar-refractivity contribution in [3.05, 3.63) is 41.5 Å². The Hall–Kier alpha value is -2.89. The van der Waals surface area contributed by atoms with Gasteiger partial charge in [0.05, 0.1) is 20.6 Å². The third-order valence-corrected chi connectivity index (χ3v) is 3.73. The molecule has 1 unspecified atom stereocenters. The third-order valence-electron chi connectivity index (χ3n) is 3.73. The van der Waals surface area contributed by atoms with E-state index in [1.54, 1.807) is 18.2 Å². The zero-order valence-corrected chi connectivity index (χ0v) is 12.7. The van der Waals surface area contributed by atoms with Gasteiger partial charge in [-0.3, -0.25) is 4.79 Å². The molecule has 0 saturated carbocycles. The van der Waals surface area contributed by atoms with Crippen LogP contribution in [0.4, 0.5) is 0 Å². The minimum absolute atomic E-state index is 0.0711. The molecule has 0 radical (unpaired) electrons. The smallest absolute Gasteiger partial charge is 0.174 e. The number of fused-ring (bicyclic) bond motifs is 1. The lowest BCUT2D eigenvalue weighted by Crippen LogP contribution is -2.20. The second-order valence-electron chi connectivity index (χ2n) is 5.22. The van der Waals surface area contributed by atoms with Gasteiger partial charge in [0.2, 0.25) is 0 Å². The van der Waals surface area contributed by atoms with E-state index in [1.165, 1.54) is 20.3 Å². The molecule has 6 heteroatoms.